The molecule has 21 heavy (non-hydrogen) atoms. The normalized spacial score (nSPS) is 22.5. The molecule has 0 bridgehead atoms. The molecule has 2 aromatic rings. The minimum atomic E-state index is -0.200. The summed E-state index contributed by atoms with van der Waals surface area (Å²) in [5.74, 6) is 1.09. The predicted molar refractivity (Wildman–Crippen MR) is 83.3 cm³/mol. The molecular weight excluding hydrogens is 264 g/mol. The number of rotatable bonds is 4. The summed E-state index contributed by atoms with van der Waals surface area (Å²) < 4.78 is 5.79. The van der Waals surface area contributed by atoms with Crippen LogP contribution in [0.2, 0.25) is 0 Å². The molecule has 2 N–H and O–H groups in total. The van der Waals surface area contributed by atoms with Crippen molar-refractivity contribution in [2.24, 2.45) is 0 Å². The van der Waals surface area contributed by atoms with E-state index < -0.39 is 0 Å². The van der Waals surface area contributed by atoms with Gasteiger partial charge in [0.25, 0.3) is 0 Å². The molecule has 0 amide bonds. The molecule has 0 spiro atoms. The number of nitrogens with one attached hydrogen (secondary N) is 1. The number of oxazole rings is 1. The molecule has 4 heteroatoms. The van der Waals surface area contributed by atoms with Crippen LogP contribution in [0.3, 0.4) is 0 Å². The molecule has 1 aromatic heterocycles. The predicted octanol–water partition coefficient (Wildman–Crippen LogP) is 3.26. The van der Waals surface area contributed by atoms with Crippen molar-refractivity contribution < 1.29 is 9.52 Å². The number of aryl methyl sites for hydroxylation is 1. The molecule has 114 valence electrons. The number of aliphatic hydroxyl groups is 1. The quantitative estimate of drug-likeness (QED) is 0.906. The maximum atomic E-state index is 9.88. The molecule has 1 fully saturated rings. The van der Waals surface area contributed by atoms with Crippen molar-refractivity contribution in [2.75, 3.05) is 0 Å². The molecule has 0 unspecified atom stereocenters. The van der Waals surface area contributed by atoms with E-state index in [0.717, 1.165) is 42.8 Å². The van der Waals surface area contributed by atoms with E-state index in [4.69, 9.17) is 4.42 Å². The number of hydrogen-bond donors (Lipinski definition) is 2. The van der Waals surface area contributed by atoms with Gasteiger partial charge in [-0.25, -0.2) is 4.98 Å². The Labute approximate surface area is 125 Å². The van der Waals surface area contributed by atoms with Gasteiger partial charge in [-0.2, -0.15) is 0 Å². The lowest BCUT2D eigenvalue weighted by atomic mass is 10.1. The van der Waals surface area contributed by atoms with Gasteiger partial charge in [-0.05, 0) is 43.4 Å². The topological polar surface area (TPSA) is 58.3 Å². The van der Waals surface area contributed by atoms with Crippen molar-refractivity contribution >= 4 is 11.1 Å². The highest BCUT2D eigenvalue weighted by atomic mass is 16.3. The highest BCUT2D eigenvalue weighted by Gasteiger charge is 2.24. The highest BCUT2D eigenvalue weighted by molar-refractivity contribution is 5.77. The van der Waals surface area contributed by atoms with Gasteiger partial charge in [0.2, 0.25) is 0 Å². The first kappa shape index (κ1) is 14.5. The Morgan fingerprint density at radius 2 is 2.19 bits per heavy atom. The third kappa shape index (κ3) is 2.83. The van der Waals surface area contributed by atoms with Gasteiger partial charge in [-0.15, -0.1) is 0 Å². The highest BCUT2D eigenvalue weighted by Crippen LogP contribution is 2.26. The lowest BCUT2D eigenvalue weighted by Crippen LogP contribution is -2.35. The summed E-state index contributed by atoms with van der Waals surface area (Å²) >= 11 is 0. The van der Waals surface area contributed by atoms with Crippen LogP contribution in [0.5, 0.6) is 0 Å². The van der Waals surface area contributed by atoms with Crippen molar-refractivity contribution in [3.05, 3.63) is 29.2 Å². The van der Waals surface area contributed by atoms with Gasteiger partial charge in [-0.3, -0.25) is 0 Å². The summed E-state index contributed by atoms with van der Waals surface area (Å²) in [5, 5.41) is 13.4. The standard InChI is InChI=1S/C17H24N2O2/c1-10(2)17-19-16-11(3)12(7-8-15(16)21-17)9-18-13-5-4-6-14(13)20/h7-8,10,13-14,18,20H,4-6,9H2,1-3H3/t13-,14+/m1/s1. The fraction of sp³-hybridized carbons (Fsp3) is 0.588. The summed E-state index contributed by atoms with van der Waals surface area (Å²) in [5.41, 5.74) is 4.22. The number of fused-ring (bicyclic) bond motifs is 1. The molecule has 4 nitrogen and oxygen atoms in total. The maximum Gasteiger partial charge on any atom is 0.198 e. The van der Waals surface area contributed by atoms with Gasteiger partial charge in [0, 0.05) is 18.5 Å². The van der Waals surface area contributed by atoms with E-state index in [2.05, 4.69) is 37.1 Å². The molecule has 1 saturated carbocycles. The smallest absolute Gasteiger partial charge is 0.198 e. The van der Waals surface area contributed by atoms with Crippen LogP contribution in [0.15, 0.2) is 16.5 Å². The van der Waals surface area contributed by atoms with Gasteiger partial charge in [0.05, 0.1) is 6.10 Å². The third-order valence-corrected chi connectivity index (χ3v) is 4.47. The zero-order chi connectivity index (χ0) is 15.0. The minimum absolute atomic E-state index is 0.200. The van der Waals surface area contributed by atoms with Crippen molar-refractivity contribution in [1.29, 1.82) is 0 Å². The first-order valence-corrected chi connectivity index (χ1v) is 7.86. The van der Waals surface area contributed by atoms with E-state index in [1.54, 1.807) is 0 Å². The number of aliphatic hydroxyl groups excluding tert-OH is 1. The van der Waals surface area contributed by atoms with Crippen molar-refractivity contribution in [3.63, 3.8) is 0 Å². The van der Waals surface area contributed by atoms with Crippen LogP contribution in [-0.4, -0.2) is 22.2 Å². The van der Waals surface area contributed by atoms with E-state index in [1.165, 1.54) is 11.1 Å². The van der Waals surface area contributed by atoms with Crippen molar-refractivity contribution in [1.82, 2.24) is 10.3 Å². The van der Waals surface area contributed by atoms with Gasteiger partial charge >= 0.3 is 0 Å². The number of nitrogens with zero attached hydrogens (tertiary/aromatic N) is 1. The number of hydrogen-bond acceptors (Lipinski definition) is 4. The van der Waals surface area contributed by atoms with E-state index in [0.29, 0.717) is 5.92 Å². The molecule has 2 atom stereocenters. The molecule has 0 saturated heterocycles. The second-order valence-electron chi connectivity index (χ2n) is 6.39. The minimum Gasteiger partial charge on any atom is -0.440 e. The van der Waals surface area contributed by atoms with Gasteiger partial charge < -0.3 is 14.8 Å². The summed E-state index contributed by atoms with van der Waals surface area (Å²) in [4.78, 5) is 4.62. The molecule has 1 aliphatic carbocycles. The number of aromatic nitrogens is 1. The van der Waals surface area contributed by atoms with E-state index in [-0.39, 0.29) is 12.1 Å². The zero-order valence-electron chi connectivity index (χ0n) is 13.0. The Bertz CT molecular complexity index is 633. The van der Waals surface area contributed by atoms with E-state index >= 15 is 0 Å². The van der Waals surface area contributed by atoms with Crippen LogP contribution in [0.1, 0.15) is 56.0 Å². The summed E-state index contributed by atoms with van der Waals surface area (Å²) in [6, 6.07) is 4.33. The molecule has 1 aromatic carbocycles. The summed E-state index contributed by atoms with van der Waals surface area (Å²) in [6.45, 7) is 7.04. The molecular formula is C17H24N2O2. The lowest BCUT2D eigenvalue weighted by Gasteiger charge is -2.17. The maximum absolute atomic E-state index is 9.88. The fourth-order valence-corrected chi connectivity index (χ4v) is 3.04. The van der Waals surface area contributed by atoms with Gasteiger partial charge in [-0.1, -0.05) is 19.9 Å². The second kappa shape index (κ2) is 5.78. The largest absolute Gasteiger partial charge is 0.440 e. The average molecular weight is 288 g/mol. The monoisotopic (exact) mass is 288 g/mol. The summed E-state index contributed by atoms with van der Waals surface area (Å²) in [7, 11) is 0. The van der Waals surface area contributed by atoms with Crippen LogP contribution in [0.25, 0.3) is 11.1 Å². The van der Waals surface area contributed by atoms with Crippen LogP contribution in [0, 0.1) is 6.92 Å². The number of benzene rings is 1. The first-order chi connectivity index (χ1) is 10.1. The van der Waals surface area contributed by atoms with Crippen LogP contribution in [-0.2, 0) is 6.54 Å². The van der Waals surface area contributed by atoms with Gasteiger partial charge in [0.1, 0.15) is 5.52 Å². The zero-order valence-corrected chi connectivity index (χ0v) is 13.0. The molecule has 3 rings (SSSR count). The molecule has 0 aliphatic heterocycles. The second-order valence-corrected chi connectivity index (χ2v) is 6.39. The van der Waals surface area contributed by atoms with E-state index in [9.17, 15) is 5.11 Å². The van der Waals surface area contributed by atoms with Crippen molar-refractivity contribution in [2.45, 2.75) is 64.6 Å². The fourth-order valence-electron chi connectivity index (χ4n) is 3.04. The Balaban J connectivity index is 1.80. The van der Waals surface area contributed by atoms with E-state index in [1.807, 2.05) is 6.07 Å². The van der Waals surface area contributed by atoms with Crippen LogP contribution >= 0.6 is 0 Å². The van der Waals surface area contributed by atoms with Crippen molar-refractivity contribution in [3.8, 4) is 0 Å². The Morgan fingerprint density at radius 3 is 2.86 bits per heavy atom. The Kier molecular flexibility index (Phi) is 4.00. The Hall–Kier alpha value is -1.39. The molecule has 1 heterocycles. The SMILES string of the molecule is Cc1c(CN[C@@H]2CCC[C@@H]2O)ccc2oc(C(C)C)nc12. The summed E-state index contributed by atoms with van der Waals surface area (Å²) in [6.07, 6.45) is 2.88. The molecule has 1 aliphatic rings. The van der Waals surface area contributed by atoms with Gasteiger partial charge in [0.15, 0.2) is 11.5 Å². The lowest BCUT2D eigenvalue weighted by molar-refractivity contribution is 0.148. The average Bonchev–Trinajstić information content (AvgIpc) is 3.05. The van der Waals surface area contributed by atoms with Crippen LogP contribution in [0.4, 0.5) is 0 Å². The first-order valence-electron chi connectivity index (χ1n) is 7.86. The molecule has 0 radical (unpaired) electrons. The third-order valence-electron chi connectivity index (χ3n) is 4.47. The Morgan fingerprint density at radius 1 is 1.38 bits per heavy atom. The van der Waals surface area contributed by atoms with Crippen LogP contribution < -0.4 is 5.32 Å².